The average Bonchev–Trinajstić information content (AvgIpc) is 2.60. The van der Waals surface area contributed by atoms with E-state index in [0.29, 0.717) is 18.2 Å². The molecule has 0 bridgehead atoms. The highest BCUT2D eigenvalue weighted by Gasteiger charge is 2.40. The topological polar surface area (TPSA) is 29.5 Å². The van der Waals surface area contributed by atoms with Gasteiger partial charge in [0, 0.05) is 5.02 Å². The summed E-state index contributed by atoms with van der Waals surface area (Å²) >= 11 is 15.6. The lowest BCUT2D eigenvalue weighted by molar-refractivity contribution is -0.165. The molecular weight excluding hydrogens is 309 g/mol. The van der Waals surface area contributed by atoms with Crippen molar-refractivity contribution in [1.29, 1.82) is 0 Å². The third kappa shape index (κ3) is 4.53. The zero-order valence-corrected chi connectivity index (χ0v) is 13.1. The second kappa shape index (κ2) is 7.34. The van der Waals surface area contributed by atoms with Gasteiger partial charge in [-0.1, -0.05) is 29.8 Å². The number of amides is 1. The van der Waals surface area contributed by atoms with Crippen LogP contribution >= 0.6 is 34.8 Å². The number of carbonyl (C=O) groups excluding carboxylic acids is 1. The molecule has 0 aliphatic carbocycles. The Morgan fingerprint density at radius 2 is 1.89 bits per heavy atom. The molecule has 0 unspecified atom stereocenters. The van der Waals surface area contributed by atoms with Crippen molar-refractivity contribution in [3.63, 3.8) is 0 Å². The summed E-state index contributed by atoms with van der Waals surface area (Å²) in [7, 11) is 0. The van der Waals surface area contributed by atoms with Crippen LogP contribution in [-0.4, -0.2) is 22.9 Å². The maximum Gasteiger partial charge on any atom is 0.254 e. The van der Waals surface area contributed by atoms with Crippen molar-refractivity contribution in [2.75, 3.05) is 11.9 Å². The minimum Gasteiger partial charge on any atom is -0.272 e. The van der Waals surface area contributed by atoms with Crippen LogP contribution in [0.1, 0.15) is 19.4 Å². The van der Waals surface area contributed by atoms with Crippen molar-refractivity contribution >= 4 is 40.7 Å². The first kappa shape index (κ1) is 16.6. The Bertz CT molecular complexity index is 438. The van der Waals surface area contributed by atoms with Gasteiger partial charge in [0.25, 0.3) is 5.91 Å². The fourth-order valence-electron chi connectivity index (χ4n) is 1.60. The third-order valence-electron chi connectivity index (χ3n) is 2.66. The van der Waals surface area contributed by atoms with E-state index >= 15 is 0 Å². The molecule has 1 aliphatic rings. The van der Waals surface area contributed by atoms with Crippen LogP contribution in [0.25, 0.3) is 0 Å². The minimum atomic E-state index is -0.429. The van der Waals surface area contributed by atoms with Crippen LogP contribution in [-0.2, 0) is 16.2 Å². The number of nitrogens with zero attached hydrogens (tertiary/aromatic N) is 1. The molecule has 106 valence electrons. The van der Waals surface area contributed by atoms with E-state index < -0.39 is 5.41 Å². The maximum absolute atomic E-state index is 11.9. The highest BCUT2D eigenvalue weighted by atomic mass is 35.5. The highest BCUT2D eigenvalue weighted by Crippen LogP contribution is 2.29. The molecule has 1 heterocycles. The zero-order chi connectivity index (χ0) is 14.5. The van der Waals surface area contributed by atoms with Crippen LogP contribution in [0.5, 0.6) is 0 Å². The minimum absolute atomic E-state index is 0.00687. The van der Waals surface area contributed by atoms with E-state index in [1.807, 2.05) is 38.1 Å². The molecule has 1 saturated heterocycles. The normalized spacial score (nSPS) is 17.1. The largest absolute Gasteiger partial charge is 0.272 e. The van der Waals surface area contributed by atoms with Crippen LogP contribution in [0.2, 0.25) is 5.02 Å². The van der Waals surface area contributed by atoms with Crippen molar-refractivity contribution in [1.82, 2.24) is 5.06 Å². The SMILES string of the molecule is CC1(C)CON(Cc2ccccc2Cl)C1=O.ClCCl. The average molecular weight is 325 g/mol. The number of rotatable bonds is 2. The predicted octanol–water partition coefficient (Wildman–Crippen LogP) is 4.06. The van der Waals surface area contributed by atoms with E-state index in [4.69, 9.17) is 39.6 Å². The molecule has 1 aliphatic heterocycles. The van der Waals surface area contributed by atoms with Gasteiger partial charge >= 0.3 is 0 Å². The summed E-state index contributed by atoms with van der Waals surface area (Å²) in [5, 5.41) is 2.24. The molecule has 0 spiro atoms. The summed E-state index contributed by atoms with van der Waals surface area (Å²) in [6.07, 6.45) is 0. The molecule has 1 amide bonds. The van der Waals surface area contributed by atoms with Gasteiger partial charge < -0.3 is 0 Å². The number of hydrogen-bond acceptors (Lipinski definition) is 2. The van der Waals surface area contributed by atoms with Crippen LogP contribution in [0.3, 0.4) is 0 Å². The second-order valence-electron chi connectivity index (χ2n) is 4.69. The van der Waals surface area contributed by atoms with Crippen molar-refractivity contribution in [3.05, 3.63) is 34.9 Å². The number of alkyl halides is 2. The molecule has 0 radical (unpaired) electrons. The lowest BCUT2D eigenvalue weighted by Crippen LogP contribution is -2.30. The fraction of sp³-hybridized carbons (Fsp3) is 0.462. The van der Waals surface area contributed by atoms with E-state index in [0.717, 1.165) is 5.56 Å². The summed E-state index contributed by atoms with van der Waals surface area (Å²) in [5.41, 5.74) is 0.469. The third-order valence-corrected chi connectivity index (χ3v) is 3.03. The van der Waals surface area contributed by atoms with E-state index in [1.165, 1.54) is 5.06 Å². The maximum atomic E-state index is 11.9. The second-order valence-corrected chi connectivity index (χ2v) is 5.91. The first-order valence-corrected chi connectivity index (χ1v) is 7.17. The molecule has 6 heteroatoms. The Kier molecular flexibility index (Phi) is 6.40. The Morgan fingerprint density at radius 1 is 1.32 bits per heavy atom. The van der Waals surface area contributed by atoms with Crippen molar-refractivity contribution in [2.45, 2.75) is 20.4 Å². The monoisotopic (exact) mass is 323 g/mol. The summed E-state index contributed by atoms with van der Waals surface area (Å²) < 4.78 is 0. The lowest BCUT2D eigenvalue weighted by Gasteiger charge is -2.16. The summed E-state index contributed by atoms with van der Waals surface area (Å²) in [4.78, 5) is 17.3. The van der Waals surface area contributed by atoms with Crippen LogP contribution in [0.4, 0.5) is 0 Å². The van der Waals surface area contributed by atoms with Crippen molar-refractivity contribution in [2.24, 2.45) is 5.41 Å². The summed E-state index contributed by atoms with van der Waals surface area (Å²) in [6, 6.07) is 7.46. The van der Waals surface area contributed by atoms with Gasteiger partial charge in [-0.2, -0.15) is 0 Å². The molecule has 0 atom stereocenters. The molecule has 0 N–H and O–H groups in total. The van der Waals surface area contributed by atoms with Gasteiger partial charge in [-0.3, -0.25) is 9.63 Å². The smallest absolute Gasteiger partial charge is 0.254 e. The Morgan fingerprint density at radius 3 is 2.37 bits per heavy atom. The Hall–Kier alpha value is -0.480. The van der Waals surface area contributed by atoms with Crippen molar-refractivity contribution in [3.8, 4) is 0 Å². The first-order chi connectivity index (χ1) is 8.92. The lowest BCUT2D eigenvalue weighted by atomic mass is 9.95. The standard InChI is InChI=1S/C12H14ClNO2.CH2Cl2/c1-12(2)8-16-14(11(12)15)7-9-5-3-4-6-10(9)13;2-1-3/h3-6H,7-8H2,1-2H3;1H2. The number of halogens is 3. The van der Waals surface area contributed by atoms with E-state index in [9.17, 15) is 4.79 Å². The van der Waals surface area contributed by atoms with Crippen LogP contribution < -0.4 is 0 Å². The predicted molar refractivity (Wildman–Crippen MR) is 78.3 cm³/mol. The zero-order valence-electron chi connectivity index (χ0n) is 10.8. The number of benzene rings is 1. The van der Waals surface area contributed by atoms with Gasteiger partial charge in [-0.15, -0.1) is 23.2 Å². The van der Waals surface area contributed by atoms with Gasteiger partial charge in [0.2, 0.25) is 0 Å². The number of hydroxylamine groups is 2. The first-order valence-electron chi connectivity index (χ1n) is 5.72. The molecule has 1 aromatic carbocycles. The molecule has 2 rings (SSSR count). The van der Waals surface area contributed by atoms with E-state index in [-0.39, 0.29) is 11.2 Å². The van der Waals surface area contributed by atoms with Gasteiger partial charge in [-0.25, -0.2) is 5.06 Å². The summed E-state index contributed by atoms with van der Waals surface area (Å²) in [5.74, 6) is 0.00687. The molecule has 1 aromatic rings. The molecule has 3 nitrogen and oxygen atoms in total. The van der Waals surface area contributed by atoms with E-state index in [1.54, 1.807) is 0 Å². The number of hydrogen-bond donors (Lipinski definition) is 0. The molecule has 1 fully saturated rings. The van der Waals surface area contributed by atoms with Gasteiger partial charge in [-0.05, 0) is 25.5 Å². The Balaban J connectivity index is 0.000000550. The van der Waals surface area contributed by atoms with Gasteiger partial charge in [0.15, 0.2) is 0 Å². The molecule has 0 saturated carbocycles. The number of carbonyl (C=O) groups is 1. The molecule has 19 heavy (non-hydrogen) atoms. The molecule has 0 aromatic heterocycles. The van der Waals surface area contributed by atoms with Gasteiger partial charge in [0.05, 0.1) is 23.9 Å². The van der Waals surface area contributed by atoms with Crippen LogP contribution in [0.15, 0.2) is 24.3 Å². The van der Waals surface area contributed by atoms with E-state index in [2.05, 4.69) is 0 Å². The quantitative estimate of drug-likeness (QED) is 0.768. The fourth-order valence-corrected chi connectivity index (χ4v) is 1.79. The highest BCUT2D eigenvalue weighted by molar-refractivity contribution is 6.40. The molecular formula is C13H16Cl3NO2. The summed E-state index contributed by atoms with van der Waals surface area (Å²) in [6.45, 7) is 4.59. The van der Waals surface area contributed by atoms with Crippen LogP contribution in [0, 0.1) is 5.41 Å². The van der Waals surface area contributed by atoms with Gasteiger partial charge in [0.1, 0.15) is 0 Å². The Labute approximate surface area is 128 Å². The van der Waals surface area contributed by atoms with Crippen molar-refractivity contribution < 1.29 is 9.63 Å².